The van der Waals surface area contributed by atoms with Crippen molar-refractivity contribution >= 4 is 17.6 Å². The molecule has 0 spiro atoms. The molecule has 2 aromatic rings. The third-order valence-electron chi connectivity index (χ3n) is 11.0. The third kappa shape index (κ3) is 7.25. The highest BCUT2D eigenvalue weighted by Gasteiger charge is 2.58. The van der Waals surface area contributed by atoms with Gasteiger partial charge in [0.1, 0.15) is 5.75 Å². The first-order valence-corrected chi connectivity index (χ1v) is 17.1. The predicted octanol–water partition coefficient (Wildman–Crippen LogP) is 5.33. The van der Waals surface area contributed by atoms with E-state index in [1.807, 2.05) is 4.90 Å². The number of carbonyl (C=O) groups excluding carboxylic acids is 1. The largest absolute Gasteiger partial charge is 0.497 e. The van der Waals surface area contributed by atoms with Crippen molar-refractivity contribution in [3.8, 4) is 5.75 Å². The Labute approximate surface area is 284 Å². The number of piperidine rings is 1. The van der Waals surface area contributed by atoms with Crippen LogP contribution in [0.1, 0.15) is 60.6 Å². The minimum Gasteiger partial charge on any atom is -0.497 e. The maximum absolute atomic E-state index is 17.8. The number of anilines is 1. The number of methoxy groups -OCH3 is 2. The molecule has 268 valence electrons. The number of benzene rings is 2. The summed E-state index contributed by atoms with van der Waals surface area (Å²) in [4.78, 5) is 31.7. The second-order valence-electron chi connectivity index (χ2n) is 13.8. The minimum absolute atomic E-state index is 0.0713. The average Bonchev–Trinajstić information content (AvgIpc) is 3.69. The maximum Gasteiger partial charge on any atom is 0.416 e. The highest BCUT2D eigenvalue weighted by Crippen LogP contribution is 2.46. The number of likely N-dealkylation sites (tertiary alicyclic amines) is 2. The number of amides is 1. The highest BCUT2D eigenvalue weighted by molar-refractivity contribution is 5.88. The molecule has 2 aromatic carbocycles. The molecule has 0 radical (unpaired) electrons. The molecule has 0 saturated carbocycles. The van der Waals surface area contributed by atoms with Gasteiger partial charge in [0.15, 0.2) is 0 Å². The molecule has 13 heteroatoms. The van der Waals surface area contributed by atoms with E-state index in [9.17, 15) is 27.9 Å². The van der Waals surface area contributed by atoms with Crippen LogP contribution in [0.15, 0.2) is 42.5 Å². The summed E-state index contributed by atoms with van der Waals surface area (Å²) in [5, 5.41) is 9.49. The van der Waals surface area contributed by atoms with Gasteiger partial charge in [-0.25, -0.2) is 4.39 Å². The molecule has 4 fully saturated rings. The van der Waals surface area contributed by atoms with Crippen LogP contribution in [0.4, 0.5) is 23.2 Å². The number of ether oxygens (including phenoxy) is 3. The third-order valence-corrected chi connectivity index (χ3v) is 11.0. The fourth-order valence-corrected chi connectivity index (χ4v) is 8.29. The van der Waals surface area contributed by atoms with E-state index in [0.29, 0.717) is 74.7 Å². The highest BCUT2D eigenvalue weighted by atomic mass is 19.4. The second-order valence-corrected chi connectivity index (χ2v) is 13.8. The van der Waals surface area contributed by atoms with Crippen LogP contribution in [-0.2, 0) is 25.2 Å². The van der Waals surface area contributed by atoms with Crippen LogP contribution in [0.2, 0.25) is 0 Å². The predicted molar refractivity (Wildman–Crippen MR) is 174 cm³/mol. The van der Waals surface area contributed by atoms with Crippen molar-refractivity contribution in [2.45, 2.75) is 67.9 Å². The van der Waals surface area contributed by atoms with Gasteiger partial charge in [-0.15, -0.1) is 0 Å². The normalized spacial score (nSPS) is 27.5. The molecule has 1 amide bonds. The molecule has 4 saturated heterocycles. The summed E-state index contributed by atoms with van der Waals surface area (Å²) >= 11 is 0. The summed E-state index contributed by atoms with van der Waals surface area (Å²) < 4.78 is 75.9. The van der Waals surface area contributed by atoms with Crippen molar-refractivity contribution in [2.75, 3.05) is 71.7 Å². The summed E-state index contributed by atoms with van der Waals surface area (Å²) in [5.41, 5.74) is -1.34. The summed E-state index contributed by atoms with van der Waals surface area (Å²) in [6.45, 7) is 2.30. The summed E-state index contributed by atoms with van der Waals surface area (Å²) in [5.74, 6) is -2.60. The molecule has 0 aromatic heterocycles. The summed E-state index contributed by atoms with van der Waals surface area (Å²) in [6, 6.07) is 10.4. The number of carbonyl (C=O) groups is 2. The first-order valence-electron chi connectivity index (χ1n) is 17.1. The Bertz CT molecular complexity index is 1480. The number of nitrogens with zero attached hydrogens (tertiary/aromatic N) is 3. The molecule has 49 heavy (non-hydrogen) atoms. The maximum atomic E-state index is 17.8. The number of halogens is 4. The van der Waals surface area contributed by atoms with E-state index in [0.717, 1.165) is 25.0 Å². The molecule has 0 bridgehead atoms. The first-order chi connectivity index (χ1) is 23.4. The van der Waals surface area contributed by atoms with Gasteiger partial charge in [0.2, 0.25) is 5.67 Å². The van der Waals surface area contributed by atoms with Crippen molar-refractivity contribution in [3.63, 3.8) is 0 Å². The Kier molecular flexibility index (Phi) is 10.4. The van der Waals surface area contributed by atoms with Crippen LogP contribution < -0.4 is 9.64 Å². The number of hydrogen-bond donors (Lipinski definition) is 1. The molecular weight excluding hydrogens is 646 g/mol. The van der Waals surface area contributed by atoms with Crippen LogP contribution in [0.5, 0.6) is 5.75 Å². The molecule has 0 unspecified atom stereocenters. The number of alkyl halides is 4. The van der Waals surface area contributed by atoms with Crippen molar-refractivity contribution in [2.24, 2.45) is 5.92 Å². The number of hydrogen-bond acceptors (Lipinski definition) is 7. The minimum atomic E-state index is -4.57. The molecule has 0 aliphatic carbocycles. The molecule has 4 heterocycles. The summed E-state index contributed by atoms with van der Waals surface area (Å²) in [6.07, 6.45) is -2.06. The smallest absolute Gasteiger partial charge is 0.416 e. The number of carboxylic acid groups (broad SMARTS) is 1. The molecule has 4 atom stereocenters. The topological polar surface area (TPSA) is 91.8 Å². The Morgan fingerprint density at radius 3 is 2.31 bits per heavy atom. The van der Waals surface area contributed by atoms with Crippen molar-refractivity contribution < 1.29 is 46.5 Å². The van der Waals surface area contributed by atoms with Crippen LogP contribution in [0.25, 0.3) is 0 Å². The van der Waals surface area contributed by atoms with Crippen LogP contribution in [0.3, 0.4) is 0 Å². The van der Waals surface area contributed by atoms with E-state index >= 15 is 4.39 Å². The van der Waals surface area contributed by atoms with Gasteiger partial charge < -0.3 is 29.1 Å². The molecule has 9 nitrogen and oxygen atoms in total. The molecule has 6 rings (SSSR count). The fraction of sp³-hybridized carbons (Fsp3) is 0.611. The van der Waals surface area contributed by atoms with Crippen LogP contribution in [-0.4, -0.2) is 111 Å². The lowest BCUT2D eigenvalue weighted by Gasteiger charge is -2.35. The molecular formula is C36H45F4N3O6. The lowest BCUT2D eigenvalue weighted by Crippen LogP contribution is -2.53. The number of aliphatic carboxylic acids is 1. The second kappa shape index (κ2) is 14.4. The van der Waals surface area contributed by atoms with Gasteiger partial charge in [0, 0.05) is 76.6 Å². The zero-order chi connectivity index (χ0) is 34.9. The van der Waals surface area contributed by atoms with Crippen LogP contribution in [0, 0.1) is 5.92 Å². The van der Waals surface area contributed by atoms with Crippen molar-refractivity contribution in [1.82, 2.24) is 9.80 Å². The lowest BCUT2D eigenvalue weighted by atomic mass is 9.85. The van der Waals surface area contributed by atoms with Gasteiger partial charge in [-0.3, -0.25) is 14.5 Å². The zero-order valence-electron chi connectivity index (χ0n) is 28.0. The number of carboxylic acids is 1. The van der Waals surface area contributed by atoms with Gasteiger partial charge in [-0.1, -0.05) is 18.2 Å². The van der Waals surface area contributed by atoms with Gasteiger partial charge in [-0.2, -0.15) is 13.2 Å². The van der Waals surface area contributed by atoms with E-state index in [1.54, 1.807) is 36.3 Å². The fourth-order valence-electron chi connectivity index (χ4n) is 8.29. The van der Waals surface area contributed by atoms with E-state index in [-0.39, 0.29) is 31.7 Å². The molecule has 4 aliphatic rings. The quantitative estimate of drug-likeness (QED) is 0.353. The Balaban J connectivity index is 1.31. The van der Waals surface area contributed by atoms with Gasteiger partial charge in [0.05, 0.1) is 31.2 Å². The first kappa shape index (κ1) is 35.4. The van der Waals surface area contributed by atoms with E-state index in [2.05, 4.69) is 4.90 Å². The number of rotatable bonds is 9. The lowest BCUT2D eigenvalue weighted by molar-refractivity contribution is -0.146. The van der Waals surface area contributed by atoms with Gasteiger partial charge >= 0.3 is 12.1 Å². The zero-order valence-corrected chi connectivity index (χ0v) is 28.0. The summed E-state index contributed by atoms with van der Waals surface area (Å²) in [7, 11) is 3.07. The SMILES string of the molecule is COC[C@@H]1C[C@@H](c2ccc(C(F)(F)F)cc2N2CCC(C(=O)O)CC2)CN1C(=O)[C@]1(F)CN(C2CCOCC2)C[C@H]1c1ccc(OC)cc1. The monoisotopic (exact) mass is 691 g/mol. The van der Waals surface area contributed by atoms with E-state index < -0.39 is 47.2 Å². The Morgan fingerprint density at radius 2 is 1.69 bits per heavy atom. The Morgan fingerprint density at radius 1 is 1.00 bits per heavy atom. The van der Waals surface area contributed by atoms with Crippen molar-refractivity contribution in [3.05, 3.63) is 59.2 Å². The Hall–Kier alpha value is -3.42. The standard InChI is InChI=1S/C36H45F4N3O6/c1-47-21-28-17-25(30-8-5-26(36(38,39)40)18-32(30)41-13-9-24(10-14-41)33(44)45)19-43(28)34(46)35(37)22-42(27-11-15-49-16-12-27)20-31(35)23-3-6-29(48-2)7-4-23/h3-8,18,24-25,27-28,31H,9-17,19-22H2,1-2H3,(H,44,45)/t25-,28+,31+,35+/m1/s1. The van der Waals surface area contributed by atoms with E-state index in [4.69, 9.17) is 14.2 Å². The molecule has 1 N–H and O–H groups in total. The average molecular weight is 692 g/mol. The van der Waals surface area contributed by atoms with Gasteiger partial charge in [-0.05, 0) is 67.5 Å². The van der Waals surface area contributed by atoms with E-state index in [1.165, 1.54) is 13.2 Å². The molecule has 4 aliphatic heterocycles. The van der Waals surface area contributed by atoms with Crippen LogP contribution >= 0.6 is 0 Å². The van der Waals surface area contributed by atoms with Gasteiger partial charge in [0.25, 0.3) is 5.91 Å². The van der Waals surface area contributed by atoms with Crippen molar-refractivity contribution in [1.29, 1.82) is 0 Å².